The van der Waals surface area contributed by atoms with Crippen molar-refractivity contribution < 1.29 is 9.18 Å². The second kappa shape index (κ2) is 7.21. The largest absolute Gasteiger partial charge is 0.338 e. The molecule has 4 heteroatoms. The van der Waals surface area contributed by atoms with Crippen LogP contribution in [-0.4, -0.2) is 17.4 Å². The lowest BCUT2D eigenvalue weighted by molar-refractivity contribution is -0.131. The lowest BCUT2D eigenvalue weighted by atomic mass is 9.96. The molecule has 1 saturated heterocycles. The van der Waals surface area contributed by atoms with Crippen LogP contribution in [0.25, 0.3) is 0 Å². The molecule has 1 heterocycles. The van der Waals surface area contributed by atoms with E-state index in [4.69, 9.17) is 0 Å². The number of amides is 1. The number of halogens is 2. The molecular weight excluding hydrogens is 321 g/mol. The predicted molar refractivity (Wildman–Crippen MR) is 81.8 cm³/mol. The van der Waals surface area contributed by atoms with Crippen LogP contribution < -0.4 is 0 Å². The molecule has 1 aliphatic heterocycles. The van der Waals surface area contributed by atoms with E-state index < -0.39 is 0 Å². The molecule has 1 atom stereocenters. The van der Waals surface area contributed by atoms with Crippen molar-refractivity contribution in [3.8, 4) is 0 Å². The molecule has 1 aromatic carbocycles. The van der Waals surface area contributed by atoms with Crippen LogP contribution in [0.5, 0.6) is 0 Å². The van der Waals surface area contributed by atoms with Gasteiger partial charge in [-0.1, -0.05) is 41.8 Å². The van der Waals surface area contributed by atoms with Gasteiger partial charge in [0.2, 0.25) is 5.91 Å². The number of likely N-dealkylation sites (tertiary alicyclic amines) is 1. The van der Waals surface area contributed by atoms with E-state index in [0.29, 0.717) is 18.9 Å². The zero-order valence-electron chi connectivity index (χ0n) is 11.9. The third kappa shape index (κ3) is 4.05. The molecule has 2 nitrogen and oxygen atoms in total. The number of hydrogen-bond donors (Lipinski definition) is 0. The second-order valence-corrected chi connectivity index (χ2v) is 6.39. The molecule has 1 aromatic rings. The highest BCUT2D eigenvalue weighted by atomic mass is 79.9. The minimum atomic E-state index is -0.258. The number of benzene rings is 1. The minimum absolute atomic E-state index is 0.222. The molecule has 0 aromatic heterocycles. The first-order valence-electron chi connectivity index (χ1n) is 7.32. The topological polar surface area (TPSA) is 20.3 Å². The van der Waals surface area contributed by atoms with Gasteiger partial charge in [-0.25, -0.2) is 4.39 Å². The van der Waals surface area contributed by atoms with Crippen LogP contribution in [0.1, 0.15) is 44.6 Å². The SMILES string of the molecule is CCCC1CCC(=O)N(Cc2ccc(F)cc2Br)CC1. The molecule has 1 amide bonds. The number of carbonyl (C=O) groups excluding carboxylic acids is 1. The van der Waals surface area contributed by atoms with E-state index in [1.165, 1.54) is 25.0 Å². The summed E-state index contributed by atoms with van der Waals surface area (Å²) in [7, 11) is 0. The van der Waals surface area contributed by atoms with Gasteiger partial charge in [-0.15, -0.1) is 0 Å². The standard InChI is InChI=1S/C16H21BrFNO/c1-2-3-12-4-7-16(20)19(9-8-12)11-13-5-6-14(18)10-15(13)17/h5-6,10,12H,2-4,7-9,11H2,1H3. The Morgan fingerprint density at radius 1 is 1.40 bits per heavy atom. The van der Waals surface area contributed by atoms with Crippen molar-refractivity contribution in [1.82, 2.24) is 4.90 Å². The van der Waals surface area contributed by atoms with Crippen molar-refractivity contribution in [3.63, 3.8) is 0 Å². The molecular formula is C16H21BrFNO. The average Bonchev–Trinajstić information content (AvgIpc) is 2.57. The highest BCUT2D eigenvalue weighted by molar-refractivity contribution is 9.10. The Morgan fingerprint density at radius 3 is 2.90 bits per heavy atom. The molecule has 0 spiro atoms. The van der Waals surface area contributed by atoms with Crippen LogP contribution >= 0.6 is 15.9 Å². The fraction of sp³-hybridized carbons (Fsp3) is 0.562. The number of hydrogen-bond acceptors (Lipinski definition) is 1. The predicted octanol–water partition coefficient (Wildman–Crippen LogP) is 4.52. The maximum atomic E-state index is 13.1. The smallest absolute Gasteiger partial charge is 0.222 e. The van der Waals surface area contributed by atoms with E-state index in [-0.39, 0.29) is 11.7 Å². The fourth-order valence-corrected chi connectivity index (χ4v) is 3.29. The lowest BCUT2D eigenvalue weighted by Crippen LogP contribution is -2.29. The molecule has 0 bridgehead atoms. The summed E-state index contributed by atoms with van der Waals surface area (Å²) in [5.41, 5.74) is 0.966. The summed E-state index contributed by atoms with van der Waals surface area (Å²) in [5.74, 6) is 0.635. The molecule has 1 fully saturated rings. The van der Waals surface area contributed by atoms with Gasteiger partial charge < -0.3 is 4.90 Å². The quantitative estimate of drug-likeness (QED) is 0.788. The Balaban J connectivity index is 2.02. The Hall–Kier alpha value is -0.900. The van der Waals surface area contributed by atoms with Gasteiger partial charge in [-0.05, 0) is 36.5 Å². The van der Waals surface area contributed by atoms with Gasteiger partial charge >= 0.3 is 0 Å². The zero-order chi connectivity index (χ0) is 14.5. The van der Waals surface area contributed by atoms with E-state index in [1.807, 2.05) is 4.90 Å². The maximum absolute atomic E-state index is 13.1. The van der Waals surface area contributed by atoms with Crippen LogP contribution in [0.15, 0.2) is 22.7 Å². The first-order valence-corrected chi connectivity index (χ1v) is 8.11. The van der Waals surface area contributed by atoms with Crippen molar-refractivity contribution in [2.75, 3.05) is 6.54 Å². The number of nitrogens with zero attached hydrogens (tertiary/aromatic N) is 1. The first kappa shape index (κ1) is 15.5. The molecule has 1 aliphatic rings. The molecule has 20 heavy (non-hydrogen) atoms. The monoisotopic (exact) mass is 341 g/mol. The van der Waals surface area contributed by atoms with E-state index >= 15 is 0 Å². The van der Waals surface area contributed by atoms with Gasteiger partial charge in [0, 0.05) is 24.0 Å². The van der Waals surface area contributed by atoms with Crippen LogP contribution in [-0.2, 0) is 11.3 Å². The van der Waals surface area contributed by atoms with E-state index in [2.05, 4.69) is 22.9 Å². The normalized spacial score (nSPS) is 20.1. The van der Waals surface area contributed by atoms with Crippen molar-refractivity contribution >= 4 is 21.8 Å². The summed E-state index contributed by atoms with van der Waals surface area (Å²) in [6.45, 7) is 3.58. The van der Waals surface area contributed by atoms with Crippen LogP contribution in [0, 0.1) is 11.7 Å². The molecule has 0 N–H and O–H groups in total. The highest BCUT2D eigenvalue weighted by Crippen LogP contribution is 2.25. The summed E-state index contributed by atoms with van der Waals surface area (Å²) in [5, 5.41) is 0. The molecule has 1 unspecified atom stereocenters. The Morgan fingerprint density at radius 2 is 2.20 bits per heavy atom. The van der Waals surface area contributed by atoms with E-state index in [9.17, 15) is 9.18 Å². The van der Waals surface area contributed by atoms with Crippen LogP contribution in [0.3, 0.4) is 0 Å². The summed E-state index contributed by atoms with van der Waals surface area (Å²) >= 11 is 3.37. The Kier molecular flexibility index (Phi) is 5.58. The third-order valence-electron chi connectivity index (χ3n) is 4.00. The fourth-order valence-electron chi connectivity index (χ4n) is 2.81. The van der Waals surface area contributed by atoms with E-state index in [0.717, 1.165) is 29.4 Å². The summed E-state index contributed by atoms with van der Waals surface area (Å²) in [6, 6.07) is 4.65. The molecule has 0 saturated carbocycles. The zero-order valence-corrected chi connectivity index (χ0v) is 13.5. The summed E-state index contributed by atoms with van der Waals surface area (Å²) in [6.07, 6.45) is 5.12. The van der Waals surface area contributed by atoms with Gasteiger partial charge in [-0.2, -0.15) is 0 Å². The van der Waals surface area contributed by atoms with Crippen molar-refractivity contribution in [2.24, 2.45) is 5.92 Å². The van der Waals surface area contributed by atoms with Crippen molar-refractivity contribution in [2.45, 2.75) is 45.6 Å². The highest BCUT2D eigenvalue weighted by Gasteiger charge is 2.22. The molecule has 110 valence electrons. The first-order chi connectivity index (χ1) is 9.60. The maximum Gasteiger partial charge on any atom is 0.222 e. The average molecular weight is 342 g/mol. The van der Waals surface area contributed by atoms with Gasteiger partial charge in [0.1, 0.15) is 5.82 Å². The van der Waals surface area contributed by atoms with Gasteiger partial charge in [0.15, 0.2) is 0 Å². The van der Waals surface area contributed by atoms with E-state index in [1.54, 1.807) is 6.07 Å². The Bertz CT molecular complexity index is 478. The number of carbonyl (C=O) groups is 1. The van der Waals surface area contributed by atoms with Crippen molar-refractivity contribution in [1.29, 1.82) is 0 Å². The second-order valence-electron chi connectivity index (χ2n) is 5.53. The minimum Gasteiger partial charge on any atom is -0.338 e. The Labute approximate surface area is 128 Å². The number of rotatable bonds is 4. The molecule has 0 radical (unpaired) electrons. The van der Waals surface area contributed by atoms with Gasteiger partial charge in [0.05, 0.1) is 0 Å². The van der Waals surface area contributed by atoms with Gasteiger partial charge in [0.25, 0.3) is 0 Å². The molecule has 2 rings (SSSR count). The summed E-state index contributed by atoms with van der Waals surface area (Å²) in [4.78, 5) is 14.1. The van der Waals surface area contributed by atoms with Gasteiger partial charge in [-0.3, -0.25) is 4.79 Å². The summed E-state index contributed by atoms with van der Waals surface area (Å²) < 4.78 is 13.8. The molecule has 0 aliphatic carbocycles. The lowest BCUT2D eigenvalue weighted by Gasteiger charge is -2.21. The van der Waals surface area contributed by atoms with Crippen molar-refractivity contribution in [3.05, 3.63) is 34.1 Å². The van der Waals surface area contributed by atoms with Crippen LogP contribution in [0.2, 0.25) is 0 Å². The third-order valence-corrected chi connectivity index (χ3v) is 4.74. The van der Waals surface area contributed by atoms with Crippen LogP contribution in [0.4, 0.5) is 4.39 Å².